The highest BCUT2D eigenvalue weighted by Crippen LogP contribution is 2.26. The number of rotatable bonds is 2. The van der Waals surface area contributed by atoms with E-state index in [0.29, 0.717) is 23.1 Å². The van der Waals surface area contributed by atoms with Crippen LogP contribution < -0.4 is 10.5 Å². The second-order valence-electron chi connectivity index (χ2n) is 5.56. The Bertz CT molecular complexity index is 571. The second-order valence-corrected chi connectivity index (χ2v) is 5.56. The Morgan fingerprint density at radius 3 is 2.26 bits per heavy atom. The van der Waals surface area contributed by atoms with Gasteiger partial charge in [-0.15, -0.1) is 0 Å². The van der Waals surface area contributed by atoms with Gasteiger partial charge in [-0.3, -0.25) is 0 Å². The molecule has 4 nitrogen and oxygen atoms in total. The molecule has 1 aromatic carbocycles. The minimum Gasteiger partial charge on any atom is -0.439 e. The van der Waals surface area contributed by atoms with Gasteiger partial charge in [0.1, 0.15) is 11.6 Å². The van der Waals surface area contributed by atoms with E-state index in [1.165, 1.54) is 0 Å². The number of hydrogen-bond donors (Lipinski definition) is 1. The monoisotopic (exact) mass is 257 g/mol. The van der Waals surface area contributed by atoms with Crippen LogP contribution in [0.4, 0.5) is 5.69 Å². The molecule has 0 unspecified atom stereocenters. The SMILES string of the molecule is Cc1nc(Oc2ccc(N)cc2)cc(C(C)(C)C)n1. The minimum atomic E-state index is -0.0348. The van der Waals surface area contributed by atoms with Crippen molar-refractivity contribution in [3.63, 3.8) is 0 Å². The maximum Gasteiger partial charge on any atom is 0.222 e. The van der Waals surface area contributed by atoms with Crippen molar-refractivity contribution >= 4 is 5.69 Å². The van der Waals surface area contributed by atoms with E-state index in [9.17, 15) is 0 Å². The summed E-state index contributed by atoms with van der Waals surface area (Å²) in [6, 6.07) is 9.12. The van der Waals surface area contributed by atoms with Gasteiger partial charge in [-0.1, -0.05) is 20.8 Å². The molecule has 4 heteroatoms. The molecule has 0 fully saturated rings. The van der Waals surface area contributed by atoms with Crippen LogP contribution in [-0.2, 0) is 5.41 Å². The third-order valence-corrected chi connectivity index (χ3v) is 2.69. The predicted octanol–water partition coefficient (Wildman–Crippen LogP) is 3.46. The van der Waals surface area contributed by atoms with E-state index in [1.54, 1.807) is 12.1 Å². The number of aryl methyl sites for hydroxylation is 1. The van der Waals surface area contributed by atoms with Crippen molar-refractivity contribution < 1.29 is 4.74 Å². The normalized spacial score (nSPS) is 11.4. The number of nitrogens with zero attached hydrogens (tertiary/aromatic N) is 2. The highest BCUT2D eigenvalue weighted by atomic mass is 16.5. The van der Waals surface area contributed by atoms with E-state index < -0.39 is 0 Å². The van der Waals surface area contributed by atoms with Gasteiger partial charge < -0.3 is 10.5 Å². The highest BCUT2D eigenvalue weighted by Gasteiger charge is 2.17. The molecule has 100 valence electrons. The van der Waals surface area contributed by atoms with Gasteiger partial charge in [0.15, 0.2) is 0 Å². The molecule has 0 spiro atoms. The lowest BCUT2D eigenvalue weighted by Crippen LogP contribution is -2.15. The summed E-state index contributed by atoms with van der Waals surface area (Å²) in [5, 5.41) is 0. The minimum absolute atomic E-state index is 0.0348. The molecule has 0 saturated heterocycles. The van der Waals surface area contributed by atoms with Gasteiger partial charge in [-0.05, 0) is 31.2 Å². The number of ether oxygens (including phenoxy) is 1. The number of anilines is 1. The van der Waals surface area contributed by atoms with Crippen LogP contribution in [-0.4, -0.2) is 9.97 Å². The average Bonchev–Trinajstić information content (AvgIpc) is 2.30. The van der Waals surface area contributed by atoms with Gasteiger partial charge in [0, 0.05) is 17.2 Å². The topological polar surface area (TPSA) is 61.0 Å². The molecule has 2 N–H and O–H groups in total. The summed E-state index contributed by atoms with van der Waals surface area (Å²) < 4.78 is 5.74. The molecule has 2 rings (SSSR count). The Labute approximate surface area is 113 Å². The molecule has 2 aromatic rings. The van der Waals surface area contributed by atoms with Crippen LogP contribution in [0.25, 0.3) is 0 Å². The van der Waals surface area contributed by atoms with Crippen LogP contribution in [0.5, 0.6) is 11.6 Å². The van der Waals surface area contributed by atoms with Crippen LogP contribution in [0.15, 0.2) is 30.3 Å². The van der Waals surface area contributed by atoms with Gasteiger partial charge in [0.05, 0.1) is 5.69 Å². The molecule has 19 heavy (non-hydrogen) atoms. The number of nitrogen functional groups attached to an aromatic ring is 1. The Morgan fingerprint density at radius 1 is 1.05 bits per heavy atom. The summed E-state index contributed by atoms with van der Waals surface area (Å²) in [5.41, 5.74) is 7.28. The first-order valence-corrected chi connectivity index (χ1v) is 6.24. The highest BCUT2D eigenvalue weighted by molar-refractivity contribution is 5.42. The van der Waals surface area contributed by atoms with Crippen LogP contribution in [0, 0.1) is 6.92 Å². The molecule has 0 aliphatic heterocycles. The van der Waals surface area contributed by atoms with E-state index in [4.69, 9.17) is 10.5 Å². The molecular weight excluding hydrogens is 238 g/mol. The average molecular weight is 257 g/mol. The van der Waals surface area contributed by atoms with Crippen molar-refractivity contribution in [3.05, 3.63) is 41.9 Å². The second kappa shape index (κ2) is 4.88. The van der Waals surface area contributed by atoms with Crippen molar-refractivity contribution in [1.29, 1.82) is 0 Å². The fraction of sp³-hybridized carbons (Fsp3) is 0.333. The molecule has 0 radical (unpaired) electrons. The molecule has 0 saturated carbocycles. The molecule has 0 atom stereocenters. The van der Waals surface area contributed by atoms with E-state index in [0.717, 1.165) is 5.69 Å². The Balaban J connectivity index is 2.30. The van der Waals surface area contributed by atoms with Gasteiger partial charge in [0.2, 0.25) is 5.88 Å². The Hall–Kier alpha value is -2.10. The van der Waals surface area contributed by atoms with Crippen molar-refractivity contribution in [2.24, 2.45) is 0 Å². The van der Waals surface area contributed by atoms with Crippen molar-refractivity contribution in [2.75, 3.05) is 5.73 Å². The van der Waals surface area contributed by atoms with Crippen molar-refractivity contribution in [2.45, 2.75) is 33.1 Å². The van der Waals surface area contributed by atoms with Crippen molar-refractivity contribution in [3.8, 4) is 11.6 Å². The summed E-state index contributed by atoms with van der Waals surface area (Å²) >= 11 is 0. The first-order valence-electron chi connectivity index (χ1n) is 6.24. The van der Waals surface area contributed by atoms with Crippen molar-refractivity contribution in [1.82, 2.24) is 9.97 Å². The zero-order valence-electron chi connectivity index (χ0n) is 11.8. The smallest absolute Gasteiger partial charge is 0.222 e. The lowest BCUT2D eigenvalue weighted by Gasteiger charge is -2.18. The van der Waals surface area contributed by atoms with Crippen LogP contribution in [0.1, 0.15) is 32.3 Å². The Morgan fingerprint density at radius 2 is 1.68 bits per heavy atom. The summed E-state index contributed by atoms with van der Waals surface area (Å²) in [5.74, 6) is 1.98. The molecule has 1 aromatic heterocycles. The molecular formula is C15H19N3O. The maximum atomic E-state index is 5.74. The lowest BCUT2D eigenvalue weighted by atomic mass is 9.92. The first-order chi connectivity index (χ1) is 8.84. The van der Waals surface area contributed by atoms with Gasteiger partial charge in [0.25, 0.3) is 0 Å². The number of aromatic nitrogens is 2. The molecule has 1 heterocycles. The summed E-state index contributed by atoms with van der Waals surface area (Å²) in [6.45, 7) is 8.20. The molecule has 0 amide bonds. The third-order valence-electron chi connectivity index (χ3n) is 2.69. The van der Waals surface area contributed by atoms with Crippen LogP contribution in [0.3, 0.4) is 0 Å². The fourth-order valence-corrected chi connectivity index (χ4v) is 1.63. The third kappa shape index (κ3) is 3.44. The summed E-state index contributed by atoms with van der Waals surface area (Å²) in [7, 11) is 0. The zero-order valence-corrected chi connectivity index (χ0v) is 11.8. The zero-order chi connectivity index (χ0) is 14.0. The lowest BCUT2D eigenvalue weighted by molar-refractivity contribution is 0.452. The largest absolute Gasteiger partial charge is 0.439 e. The molecule has 0 aliphatic carbocycles. The van der Waals surface area contributed by atoms with Gasteiger partial charge in [-0.2, -0.15) is 4.98 Å². The van der Waals surface area contributed by atoms with E-state index >= 15 is 0 Å². The number of benzene rings is 1. The first kappa shape index (κ1) is 13.3. The fourth-order valence-electron chi connectivity index (χ4n) is 1.63. The number of nitrogens with two attached hydrogens (primary N) is 1. The maximum absolute atomic E-state index is 5.74. The molecule has 0 aliphatic rings. The van der Waals surface area contributed by atoms with E-state index in [1.807, 2.05) is 25.1 Å². The molecule has 0 bridgehead atoms. The van der Waals surface area contributed by atoms with E-state index in [2.05, 4.69) is 30.7 Å². The summed E-state index contributed by atoms with van der Waals surface area (Å²) in [4.78, 5) is 8.75. The van der Waals surface area contributed by atoms with Gasteiger partial charge >= 0.3 is 0 Å². The quantitative estimate of drug-likeness (QED) is 0.837. The number of hydrogen-bond acceptors (Lipinski definition) is 4. The predicted molar refractivity (Wildman–Crippen MR) is 76.4 cm³/mol. The van der Waals surface area contributed by atoms with Gasteiger partial charge in [-0.25, -0.2) is 4.98 Å². The Kier molecular flexibility index (Phi) is 3.42. The van der Waals surface area contributed by atoms with Crippen LogP contribution >= 0.6 is 0 Å². The standard InChI is InChI=1S/C15H19N3O/c1-10-17-13(15(2,3)4)9-14(18-10)19-12-7-5-11(16)6-8-12/h5-9H,16H2,1-4H3. The van der Waals surface area contributed by atoms with E-state index in [-0.39, 0.29) is 5.41 Å². The summed E-state index contributed by atoms with van der Waals surface area (Å²) in [6.07, 6.45) is 0. The van der Waals surface area contributed by atoms with Crippen LogP contribution in [0.2, 0.25) is 0 Å².